The molecule has 4 rings (SSSR count). The first-order valence-corrected chi connectivity index (χ1v) is 9.92. The van der Waals surface area contributed by atoms with E-state index in [1.807, 2.05) is 12.1 Å². The van der Waals surface area contributed by atoms with Crippen LogP contribution in [0.25, 0.3) is 10.6 Å². The predicted molar refractivity (Wildman–Crippen MR) is 109 cm³/mol. The zero-order valence-corrected chi connectivity index (χ0v) is 15.9. The number of anilines is 2. The van der Waals surface area contributed by atoms with Gasteiger partial charge in [-0.2, -0.15) is 4.98 Å². The summed E-state index contributed by atoms with van der Waals surface area (Å²) in [5, 5.41) is 11.3. The summed E-state index contributed by atoms with van der Waals surface area (Å²) in [5.41, 5.74) is 0.956. The molecule has 9 heteroatoms. The Morgan fingerprint density at radius 1 is 1.14 bits per heavy atom. The van der Waals surface area contributed by atoms with Crippen LogP contribution in [0.15, 0.2) is 48.1 Å². The number of thiazole rings is 1. The fourth-order valence-electron chi connectivity index (χ4n) is 2.86. The largest absolute Gasteiger partial charge is 0.473 e. The van der Waals surface area contributed by atoms with Gasteiger partial charge in [0.05, 0.1) is 0 Å². The molecule has 1 atom stereocenters. The molecule has 28 heavy (non-hydrogen) atoms. The van der Waals surface area contributed by atoms with Gasteiger partial charge in [-0.15, -0.1) is 11.3 Å². The molecule has 2 amide bonds. The summed E-state index contributed by atoms with van der Waals surface area (Å²) < 4.78 is 5.89. The van der Waals surface area contributed by atoms with E-state index in [2.05, 4.69) is 30.9 Å². The molecule has 0 radical (unpaired) electrons. The number of urea groups is 1. The molecule has 1 fully saturated rings. The van der Waals surface area contributed by atoms with Gasteiger partial charge in [-0.3, -0.25) is 15.6 Å². The maximum absolute atomic E-state index is 12.3. The van der Waals surface area contributed by atoms with Crippen molar-refractivity contribution in [2.24, 2.45) is 0 Å². The summed E-state index contributed by atoms with van der Waals surface area (Å²) in [5.74, 6) is 1.40. The highest BCUT2D eigenvalue weighted by Gasteiger charge is 2.15. The van der Waals surface area contributed by atoms with E-state index in [-0.39, 0.29) is 6.10 Å². The van der Waals surface area contributed by atoms with Crippen LogP contribution in [-0.2, 0) is 0 Å². The summed E-state index contributed by atoms with van der Waals surface area (Å²) in [6, 6.07) is 8.66. The summed E-state index contributed by atoms with van der Waals surface area (Å²) in [6.45, 7) is 1.83. The van der Waals surface area contributed by atoms with Gasteiger partial charge in [-0.05, 0) is 37.6 Å². The first kappa shape index (κ1) is 18.3. The van der Waals surface area contributed by atoms with Gasteiger partial charge in [0.2, 0.25) is 5.88 Å². The van der Waals surface area contributed by atoms with Crippen molar-refractivity contribution in [2.45, 2.75) is 18.9 Å². The number of pyridine rings is 2. The van der Waals surface area contributed by atoms with E-state index in [0.717, 1.165) is 36.5 Å². The maximum atomic E-state index is 12.3. The molecule has 4 heterocycles. The Hall–Kier alpha value is -3.04. The van der Waals surface area contributed by atoms with Gasteiger partial charge in [-0.1, -0.05) is 6.07 Å². The lowest BCUT2D eigenvalue weighted by Gasteiger charge is -2.23. The number of rotatable bonds is 5. The number of ether oxygens (including phenoxy) is 1. The third-order valence-corrected chi connectivity index (χ3v) is 5.07. The molecule has 0 aromatic carbocycles. The van der Waals surface area contributed by atoms with Crippen LogP contribution in [0.5, 0.6) is 5.88 Å². The Kier molecular flexibility index (Phi) is 5.74. The highest BCUT2D eigenvalue weighted by atomic mass is 32.1. The average Bonchev–Trinajstić information content (AvgIpc) is 3.18. The predicted octanol–water partition coefficient (Wildman–Crippen LogP) is 3.37. The minimum atomic E-state index is -0.407. The van der Waals surface area contributed by atoms with Gasteiger partial charge >= 0.3 is 6.03 Å². The molecule has 3 aromatic heterocycles. The molecule has 3 N–H and O–H groups in total. The Morgan fingerprint density at radius 2 is 2.00 bits per heavy atom. The molecule has 0 bridgehead atoms. The first-order chi connectivity index (χ1) is 13.8. The second kappa shape index (κ2) is 8.77. The van der Waals surface area contributed by atoms with Crippen LogP contribution >= 0.6 is 11.3 Å². The molecular formula is C19H20N6O2S. The van der Waals surface area contributed by atoms with Crippen LogP contribution in [0.3, 0.4) is 0 Å². The summed E-state index contributed by atoms with van der Waals surface area (Å²) in [6.07, 6.45) is 5.60. The van der Waals surface area contributed by atoms with E-state index in [1.54, 1.807) is 36.0 Å². The third kappa shape index (κ3) is 4.81. The number of nitrogens with zero attached hydrogens (tertiary/aromatic N) is 3. The molecule has 1 unspecified atom stereocenters. The van der Waals surface area contributed by atoms with Crippen molar-refractivity contribution < 1.29 is 9.53 Å². The second-order valence-electron chi connectivity index (χ2n) is 6.30. The SMILES string of the molecule is O=C(Nc1cccc(OC2CCCNC2)n1)Nc1csc(-c2ccncc2)n1. The van der Waals surface area contributed by atoms with Crippen molar-refractivity contribution in [3.8, 4) is 16.5 Å². The summed E-state index contributed by atoms with van der Waals surface area (Å²) in [7, 11) is 0. The lowest BCUT2D eigenvalue weighted by atomic mass is 10.1. The number of nitrogens with one attached hydrogen (secondary N) is 3. The van der Waals surface area contributed by atoms with Crippen molar-refractivity contribution in [1.29, 1.82) is 0 Å². The van der Waals surface area contributed by atoms with Gasteiger partial charge in [-0.25, -0.2) is 9.78 Å². The van der Waals surface area contributed by atoms with Crippen LogP contribution in [0.1, 0.15) is 12.8 Å². The number of aromatic nitrogens is 3. The Morgan fingerprint density at radius 3 is 2.82 bits per heavy atom. The number of carbonyl (C=O) groups excluding carboxylic acids is 1. The molecule has 8 nitrogen and oxygen atoms in total. The van der Waals surface area contributed by atoms with E-state index < -0.39 is 6.03 Å². The third-order valence-electron chi connectivity index (χ3n) is 4.18. The second-order valence-corrected chi connectivity index (χ2v) is 7.16. The fourth-order valence-corrected chi connectivity index (χ4v) is 3.62. The molecule has 1 aliphatic heterocycles. The van der Waals surface area contributed by atoms with Crippen LogP contribution < -0.4 is 20.7 Å². The molecule has 144 valence electrons. The van der Waals surface area contributed by atoms with Crippen molar-refractivity contribution in [3.05, 3.63) is 48.1 Å². The number of hydrogen-bond donors (Lipinski definition) is 3. The van der Waals surface area contributed by atoms with Crippen LogP contribution in [0.4, 0.5) is 16.4 Å². The number of hydrogen-bond acceptors (Lipinski definition) is 7. The Balaban J connectivity index is 1.35. The standard InChI is InChI=1S/C19H20N6O2S/c26-19(25-16-12-28-18(23-16)13-6-9-20-10-7-13)24-15-4-1-5-17(22-15)27-14-3-2-8-21-11-14/h1,4-7,9-10,12,14,21H,2-3,8,11H2,(H2,22,24,25,26). The van der Waals surface area contributed by atoms with Crippen molar-refractivity contribution in [3.63, 3.8) is 0 Å². The molecule has 1 saturated heterocycles. The maximum Gasteiger partial charge on any atom is 0.326 e. The van der Waals surface area contributed by atoms with Gasteiger partial charge in [0.25, 0.3) is 0 Å². The van der Waals surface area contributed by atoms with E-state index in [9.17, 15) is 4.79 Å². The summed E-state index contributed by atoms with van der Waals surface area (Å²) >= 11 is 1.45. The highest BCUT2D eigenvalue weighted by molar-refractivity contribution is 7.13. The lowest BCUT2D eigenvalue weighted by Crippen LogP contribution is -2.37. The first-order valence-electron chi connectivity index (χ1n) is 9.04. The molecule has 0 saturated carbocycles. The lowest BCUT2D eigenvalue weighted by molar-refractivity contribution is 0.161. The minimum absolute atomic E-state index is 0.104. The van der Waals surface area contributed by atoms with Crippen LogP contribution in [0.2, 0.25) is 0 Å². The van der Waals surface area contributed by atoms with E-state index in [1.165, 1.54) is 11.3 Å². The molecule has 0 spiro atoms. The normalized spacial score (nSPS) is 16.4. The smallest absolute Gasteiger partial charge is 0.326 e. The van der Waals surface area contributed by atoms with Crippen LogP contribution in [0, 0.1) is 0 Å². The van der Waals surface area contributed by atoms with Gasteiger partial charge in [0, 0.05) is 35.9 Å². The Bertz CT molecular complexity index is 927. The topological polar surface area (TPSA) is 101 Å². The number of amides is 2. The molecule has 0 aliphatic carbocycles. The van der Waals surface area contributed by atoms with Crippen LogP contribution in [-0.4, -0.2) is 40.2 Å². The van der Waals surface area contributed by atoms with E-state index in [4.69, 9.17) is 4.74 Å². The van der Waals surface area contributed by atoms with Gasteiger partial charge in [0.15, 0.2) is 0 Å². The zero-order valence-electron chi connectivity index (χ0n) is 15.1. The van der Waals surface area contributed by atoms with Crippen molar-refractivity contribution >= 4 is 29.0 Å². The summed E-state index contributed by atoms with van der Waals surface area (Å²) in [4.78, 5) is 25.0. The molecular weight excluding hydrogens is 376 g/mol. The number of piperidine rings is 1. The number of carbonyl (C=O) groups is 1. The van der Waals surface area contributed by atoms with Crippen molar-refractivity contribution in [1.82, 2.24) is 20.3 Å². The highest BCUT2D eigenvalue weighted by Crippen LogP contribution is 2.25. The average molecular weight is 396 g/mol. The van der Waals surface area contributed by atoms with E-state index in [0.29, 0.717) is 17.5 Å². The molecule has 3 aromatic rings. The minimum Gasteiger partial charge on any atom is -0.473 e. The van der Waals surface area contributed by atoms with Crippen molar-refractivity contribution in [2.75, 3.05) is 23.7 Å². The quantitative estimate of drug-likeness (QED) is 0.611. The monoisotopic (exact) mass is 396 g/mol. The molecule has 1 aliphatic rings. The van der Waals surface area contributed by atoms with E-state index >= 15 is 0 Å². The zero-order chi connectivity index (χ0) is 19.2. The van der Waals surface area contributed by atoms with Gasteiger partial charge < -0.3 is 10.1 Å². The van der Waals surface area contributed by atoms with Gasteiger partial charge in [0.1, 0.15) is 22.7 Å². The Labute approximate surface area is 166 Å². The fraction of sp³-hybridized carbons (Fsp3) is 0.263.